The van der Waals surface area contributed by atoms with E-state index in [0.29, 0.717) is 5.69 Å². The van der Waals surface area contributed by atoms with Crippen molar-refractivity contribution in [1.82, 2.24) is 0 Å². The van der Waals surface area contributed by atoms with Gasteiger partial charge in [0.05, 0.1) is 4.92 Å². The van der Waals surface area contributed by atoms with Gasteiger partial charge in [-0.3, -0.25) is 10.1 Å². The van der Waals surface area contributed by atoms with E-state index in [0.717, 1.165) is 12.8 Å². The smallest absolute Gasteiger partial charge is 0.292 e. The van der Waals surface area contributed by atoms with E-state index in [4.69, 9.17) is 0 Å². The van der Waals surface area contributed by atoms with Crippen LogP contribution in [0.25, 0.3) is 0 Å². The zero-order chi connectivity index (χ0) is 12.3. The van der Waals surface area contributed by atoms with E-state index >= 15 is 0 Å². The van der Waals surface area contributed by atoms with Crippen molar-refractivity contribution in [3.8, 4) is 0 Å². The van der Waals surface area contributed by atoms with Gasteiger partial charge < -0.3 is 5.32 Å². The van der Waals surface area contributed by atoms with Gasteiger partial charge in [-0.1, -0.05) is 31.4 Å². The predicted octanol–water partition coefficient (Wildman–Crippen LogP) is 3.73. The number of hydrogen-bond acceptors (Lipinski definition) is 3. The molecule has 4 heteroatoms. The summed E-state index contributed by atoms with van der Waals surface area (Å²) in [5, 5.41) is 14.3. The first-order valence-electron chi connectivity index (χ1n) is 6.12. The molecule has 1 aromatic carbocycles. The Morgan fingerprint density at radius 3 is 2.53 bits per heavy atom. The van der Waals surface area contributed by atoms with Crippen LogP contribution in [0.4, 0.5) is 11.4 Å². The van der Waals surface area contributed by atoms with E-state index in [1.807, 2.05) is 6.07 Å². The number of nitro benzene ring substituents is 1. The lowest BCUT2D eigenvalue weighted by atomic mass is 9.83. The third-order valence-corrected chi connectivity index (χ3v) is 3.49. The highest BCUT2D eigenvalue weighted by atomic mass is 16.6. The maximum atomic E-state index is 10.9. The van der Waals surface area contributed by atoms with Crippen molar-refractivity contribution in [2.24, 2.45) is 0 Å². The van der Waals surface area contributed by atoms with E-state index < -0.39 is 0 Å². The van der Waals surface area contributed by atoms with E-state index in [2.05, 4.69) is 12.2 Å². The van der Waals surface area contributed by atoms with E-state index in [-0.39, 0.29) is 16.1 Å². The van der Waals surface area contributed by atoms with Gasteiger partial charge in [0.2, 0.25) is 0 Å². The molecule has 4 nitrogen and oxygen atoms in total. The van der Waals surface area contributed by atoms with Crippen LogP contribution in [0.3, 0.4) is 0 Å². The first-order valence-corrected chi connectivity index (χ1v) is 6.12. The number of benzene rings is 1. The molecule has 0 aliphatic heterocycles. The molecule has 0 unspecified atom stereocenters. The average Bonchev–Trinajstić information content (AvgIpc) is 2.29. The van der Waals surface area contributed by atoms with Gasteiger partial charge in [0.15, 0.2) is 0 Å². The standard InChI is InChI=1S/C13H18N2O2/c1-13(9-5-2-6-10-13)14-11-7-3-4-8-12(11)15(16)17/h3-4,7-8,14H,2,5-6,9-10H2,1H3. The van der Waals surface area contributed by atoms with Crippen LogP contribution >= 0.6 is 0 Å². The highest BCUT2D eigenvalue weighted by Crippen LogP contribution is 2.34. The van der Waals surface area contributed by atoms with Crippen molar-refractivity contribution in [2.45, 2.75) is 44.6 Å². The van der Waals surface area contributed by atoms with Crippen molar-refractivity contribution in [3.05, 3.63) is 34.4 Å². The van der Waals surface area contributed by atoms with Gasteiger partial charge in [0.1, 0.15) is 5.69 Å². The lowest BCUT2D eigenvalue weighted by Crippen LogP contribution is -2.36. The summed E-state index contributed by atoms with van der Waals surface area (Å²) in [7, 11) is 0. The number of anilines is 1. The van der Waals surface area contributed by atoms with Crippen LogP contribution in [0.2, 0.25) is 0 Å². The fraction of sp³-hybridized carbons (Fsp3) is 0.538. The van der Waals surface area contributed by atoms with Crippen LogP contribution in [0.15, 0.2) is 24.3 Å². The van der Waals surface area contributed by atoms with Crippen molar-refractivity contribution in [2.75, 3.05) is 5.32 Å². The summed E-state index contributed by atoms with van der Waals surface area (Å²) >= 11 is 0. The zero-order valence-electron chi connectivity index (χ0n) is 10.1. The molecule has 1 aliphatic carbocycles. The number of nitro groups is 1. The van der Waals surface area contributed by atoms with Gasteiger partial charge in [-0.2, -0.15) is 0 Å². The molecule has 0 bridgehead atoms. The van der Waals surface area contributed by atoms with Gasteiger partial charge in [-0.15, -0.1) is 0 Å². The Morgan fingerprint density at radius 2 is 1.88 bits per heavy atom. The molecule has 0 atom stereocenters. The SMILES string of the molecule is CC1(Nc2ccccc2[N+](=O)[O-])CCCCC1. The summed E-state index contributed by atoms with van der Waals surface area (Å²) in [6, 6.07) is 6.88. The molecule has 0 aromatic heterocycles. The molecule has 1 aliphatic rings. The molecule has 92 valence electrons. The zero-order valence-corrected chi connectivity index (χ0v) is 10.1. The highest BCUT2D eigenvalue weighted by molar-refractivity contribution is 5.62. The number of hydrogen-bond donors (Lipinski definition) is 1. The Bertz CT molecular complexity index is 412. The van der Waals surface area contributed by atoms with Gasteiger partial charge in [0, 0.05) is 11.6 Å². The van der Waals surface area contributed by atoms with Gasteiger partial charge >= 0.3 is 0 Å². The third-order valence-electron chi connectivity index (χ3n) is 3.49. The van der Waals surface area contributed by atoms with Crippen LogP contribution in [-0.4, -0.2) is 10.5 Å². The second-order valence-corrected chi connectivity index (χ2v) is 5.02. The fourth-order valence-corrected chi connectivity index (χ4v) is 2.52. The topological polar surface area (TPSA) is 55.2 Å². The molecular formula is C13H18N2O2. The monoisotopic (exact) mass is 234 g/mol. The molecule has 0 spiro atoms. The predicted molar refractivity (Wildman–Crippen MR) is 68.2 cm³/mol. The van der Waals surface area contributed by atoms with E-state index in [9.17, 15) is 10.1 Å². The molecule has 1 saturated carbocycles. The lowest BCUT2D eigenvalue weighted by Gasteiger charge is -2.35. The van der Waals surface area contributed by atoms with Crippen molar-refractivity contribution in [3.63, 3.8) is 0 Å². The number of nitrogens with zero attached hydrogens (tertiary/aromatic N) is 1. The number of rotatable bonds is 3. The van der Waals surface area contributed by atoms with Gasteiger partial charge in [-0.25, -0.2) is 0 Å². The van der Waals surface area contributed by atoms with Gasteiger partial charge in [0.25, 0.3) is 5.69 Å². The van der Waals surface area contributed by atoms with Crippen LogP contribution in [0.1, 0.15) is 39.0 Å². The fourth-order valence-electron chi connectivity index (χ4n) is 2.52. The Labute approximate surface area is 101 Å². The number of para-hydroxylation sites is 2. The Morgan fingerprint density at radius 1 is 1.24 bits per heavy atom. The molecule has 2 rings (SSSR count). The molecule has 1 aromatic rings. The van der Waals surface area contributed by atoms with Crippen molar-refractivity contribution >= 4 is 11.4 Å². The van der Waals surface area contributed by atoms with Crippen LogP contribution < -0.4 is 5.32 Å². The summed E-state index contributed by atoms with van der Waals surface area (Å²) in [6.07, 6.45) is 5.83. The minimum Gasteiger partial charge on any atom is -0.374 e. The largest absolute Gasteiger partial charge is 0.374 e. The molecule has 0 heterocycles. The lowest BCUT2D eigenvalue weighted by molar-refractivity contribution is -0.384. The second kappa shape index (κ2) is 4.73. The maximum absolute atomic E-state index is 10.9. The molecule has 17 heavy (non-hydrogen) atoms. The van der Waals surface area contributed by atoms with Crippen LogP contribution in [-0.2, 0) is 0 Å². The summed E-state index contributed by atoms with van der Waals surface area (Å²) in [4.78, 5) is 10.6. The molecule has 0 radical (unpaired) electrons. The summed E-state index contributed by atoms with van der Waals surface area (Å²) < 4.78 is 0. The first-order chi connectivity index (χ1) is 8.11. The normalized spacial score (nSPS) is 18.6. The minimum atomic E-state index is -0.325. The van der Waals surface area contributed by atoms with Crippen molar-refractivity contribution < 1.29 is 4.92 Å². The van der Waals surface area contributed by atoms with Crippen LogP contribution in [0, 0.1) is 10.1 Å². The summed E-state index contributed by atoms with van der Waals surface area (Å²) in [6.45, 7) is 2.16. The quantitative estimate of drug-likeness (QED) is 0.640. The second-order valence-electron chi connectivity index (χ2n) is 5.02. The molecule has 0 saturated heterocycles. The summed E-state index contributed by atoms with van der Waals surface area (Å²) in [5.41, 5.74) is 0.811. The Kier molecular flexibility index (Phi) is 3.31. The minimum absolute atomic E-state index is 0.00433. The Hall–Kier alpha value is -1.58. The van der Waals surface area contributed by atoms with E-state index in [1.165, 1.54) is 19.3 Å². The molecule has 0 amide bonds. The molecule has 1 fully saturated rings. The molecule has 1 N–H and O–H groups in total. The van der Waals surface area contributed by atoms with Crippen LogP contribution in [0.5, 0.6) is 0 Å². The third kappa shape index (κ3) is 2.75. The summed E-state index contributed by atoms with van der Waals surface area (Å²) in [5.74, 6) is 0. The number of nitrogens with one attached hydrogen (secondary N) is 1. The molecular weight excluding hydrogens is 216 g/mol. The Balaban J connectivity index is 2.20. The average molecular weight is 234 g/mol. The highest BCUT2D eigenvalue weighted by Gasteiger charge is 2.28. The maximum Gasteiger partial charge on any atom is 0.292 e. The van der Waals surface area contributed by atoms with E-state index in [1.54, 1.807) is 18.2 Å². The van der Waals surface area contributed by atoms with Crippen molar-refractivity contribution in [1.29, 1.82) is 0 Å². The van der Waals surface area contributed by atoms with Gasteiger partial charge in [-0.05, 0) is 25.8 Å². The first kappa shape index (κ1) is 11.9.